The van der Waals surface area contributed by atoms with Crippen molar-refractivity contribution < 1.29 is 9.63 Å². The number of rotatable bonds is 5. The third kappa shape index (κ3) is 6.47. The maximum atomic E-state index is 10.7. The molecule has 0 saturated carbocycles. The van der Waals surface area contributed by atoms with Gasteiger partial charge in [-0.15, -0.1) is 0 Å². The number of carbonyl (C=O) groups excluding carboxylic acids is 1. The lowest BCUT2D eigenvalue weighted by molar-refractivity contribution is -0.105. The van der Waals surface area contributed by atoms with E-state index in [9.17, 15) is 4.79 Å². The van der Waals surface area contributed by atoms with E-state index in [1.807, 2.05) is 19.9 Å². The third-order valence-electron chi connectivity index (χ3n) is 1.64. The van der Waals surface area contributed by atoms with Crippen molar-refractivity contribution in [3.8, 4) is 0 Å². The summed E-state index contributed by atoms with van der Waals surface area (Å²) in [6, 6.07) is 0. The van der Waals surface area contributed by atoms with E-state index in [-0.39, 0.29) is 5.52 Å². The largest absolute Gasteiger partial charge is 0.395 e. The zero-order valence-corrected chi connectivity index (χ0v) is 9.49. The number of oxime groups is 1. The Morgan fingerprint density at radius 1 is 1.54 bits per heavy atom. The van der Waals surface area contributed by atoms with Crippen LogP contribution in [0.2, 0.25) is 0 Å². The molecule has 0 heterocycles. The number of hydrogen-bond acceptors (Lipinski definition) is 3. The van der Waals surface area contributed by atoms with Crippen LogP contribution in [0.1, 0.15) is 27.2 Å². The van der Waals surface area contributed by atoms with Crippen LogP contribution in [-0.4, -0.2) is 17.8 Å². The second kappa shape index (κ2) is 6.79. The first kappa shape index (κ1) is 12.3. The Morgan fingerprint density at radius 3 is 2.62 bits per heavy atom. The van der Waals surface area contributed by atoms with Gasteiger partial charge in [-0.05, 0) is 20.8 Å². The van der Waals surface area contributed by atoms with Crippen LogP contribution < -0.4 is 0 Å². The quantitative estimate of drug-likeness (QED) is 0.225. The number of allylic oxidation sites excluding steroid dienone is 1. The maximum Gasteiger partial charge on any atom is 0.195 e. The van der Waals surface area contributed by atoms with Gasteiger partial charge in [-0.3, -0.25) is 4.79 Å². The van der Waals surface area contributed by atoms with Crippen LogP contribution >= 0.6 is 9.24 Å². The van der Waals surface area contributed by atoms with E-state index in [0.29, 0.717) is 12.3 Å². The second-order valence-electron chi connectivity index (χ2n) is 2.76. The first-order chi connectivity index (χ1) is 6.07. The molecule has 0 fully saturated rings. The lowest BCUT2D eigenvalue weighted by Gasteiger charge is -2.00. The maximum absolute atomic E-state index is 10.7. The summed E-state index contributed by atoms with van der Waals surface area (Å²) in [5.74, 6) is 0. The summed E-state index contributed by atoms with van der Waals surface area (Å²) >= 11 is 0. The van der Waals surface area contributed by atoms with Crippen molar-refractivity contribution in [2.45, 2.75) is 27.2 Å². The van der Waals surface area contributed by atoms with Gasteiger partial charge in [0.1, 0.15) is 12.3 Å². The molecule has 0 radical (unpaired) electrons. The fraction of sp³-hybridized carbons (Fsp3) is 0.556. The molecule has 0 saturated heterocycles. The zero-order chi connectivity index (χ0) is 10.3. The van der Waals surface area contributed by atoms with Crippen molar-refractivity contribution in [2.24, 2.45) is 5.16 Å². The highest BCUT2D eigenvalue weighted by atomic mass is 31.0. The lowest BCUT2D eigenvalue weighted by atomic mass is 10.2. The molecule has 74 valence electrons. The van der Waals surface area contributed by atoms with E-state index < -0.39 is 0 Å². The van der Waals surface area contributed by atoms with Gasteiger partial charge in [-0.25, -0.2) is 0 Å². The molecular formula is C9H16NO2P. The summed E-state index contributed by atoms with van der Waals surface area (Å²) in [6.07, 6.45) is 2.87. The average Bonchev–Trinajstić information content (AvgIpc) is 2.11. The van der Waals surface area contributed by atoms with E-state index >= 15 is 0 Å². The number of hydrogen-bond donors (Lipinski definition) is 0. The summed E-state index contributed by atoms with van der Waals surface area (Å²) in [7, 11) is 2.05. The van der Waals surface area contributed by atoms with Crippen molar-refractivity contribution in [2.75, 3.05) is 6.61 Å². The van der Waals surface area contributed by atoms with Gasteiger partial charge in [0.15, 0.2) is 5.52 Å². The predicted molar refractivity (Wildman–Crippen MR) is 57.8 cm³/mol. The van der Waals surface area contributed by atoms with Gasteiger partial charge in [0.05, 0.1) is 0 Å². The highest BCUT2D eigenvalue weighted by molar-refractivity contribution is 7.45. The monoisotopic (exact) mass is 201 g/mol. The molecule has 4 heteroatoms. The van der Waals surface area contributed by atoms with E-state index in [0.717, 1.165) is 6.42 Å². The Kier molecular flexibility index (Phi) is 6.43. The van der Waals surface area contributed by atoms with E-state index in [2.05, 4.69) is 14.4 Å². The molecule has 0 aromatic heterocycles. The van der Waals surface area contributed by atoms with Crippen LogP contribution in [0.3, 0.4) is 0 Å². The molecule has 0 aromatic rings. The molecule has 0 aliphatic rings. The Labute approximate surface area is 81.4 Å². The first-order valence-corrected chi connectivity index (χ1v) is 4.73. The molecule has 1 atom stereocenters. The van der Waals surface area contributed by atoms with Crippen LogP contribution in [0, 0.1) is 0 Å². The predicted octanol–water partition coefficient (Wildman–Crippen LogP) is 2.14. The summed E-state index contributed by atoms with van der Waals surface area (Å²) < 4.78 is 0. The van der Waals surface area contributed by atoms with Crippen LogP contribution in [0.15, 0.2) is 16.8 Å². The molecular weight excluding hydrogens is 185 g/mol. The van der Waals surface area contributed by atoms with Gasteiger partial charge in [-0.1, -0.05) is 26.0 Å². The topological polar surface area (TPSA) is 38.7 Å². The minimum atomic E-state index is -0.136. The zero-order valence-electron chi connectivity index (χ0n) is 8.33. The van der Waals surface area contributed by atoms with E-state index in [1.165, 1.54) is 5.57 Å². The van der Waals surface area contributed by atoms with Crippen LogP contribution in [-0.2, 0) is 9.63 Å². The minimum Gasteiger partial charge on any atom is -0.395 e. The minimum absolute atomic E-state index is 0.136. The van der Waals surface area contributed by atoms with Crippen molar-refractivity contribution in [3.05, 3.63) is 11.6 Å². The van der Waals surface area contributed by atoms with Gasteiger partial charge < -0.3 is 4.84 Å². The molecule has 0 rings (SSSR count). The Hall–Kier alpha value is -0.690. The average molecular weight is 201 g/mol. The van der Waals surface area contributed by atoms with Gasteiger partial charge in [0.2, 0.25) is 0 Å². The summed E-state index contributed by atoms with van der Waals surface area (Å²) in [5, 5.41) is 3.65. The fourth-order valence-electron chi connectivity index (χ4n) is 0.538. The fourth-order valence-corrected chi connectivity index (χ4v) is 0.591. The molecule has 0 bridgehead atoms. The van der Waals surface area contributed by atoms with Crippen molar-refractivity contribution in [3.63, 3.8) is 0 Å². The normalized spacial score (nSPS) is 12.9. The van der Waals surface area contributed by atoms with Crippen LogP contribution in [0.5, 0.6) is 0 Å². The van der Waals surface area contributed by atoms with Gasteiger partial charge in [0.25, 0.3) is 0 Å². The van der Waals surface area contributed by atoms with Crippen LogP contribution in [0.4, 0.5) is 0 Å². The molecule has 3 nitrogen and oxygen atoms in total. The molecule has 1 unspecified atom stereocenters. The highest BCUT2D eigenvalue weighted by Gasteiger charge is 1.97. The summed E-state index contributed by atoms with van der Waals surface area (Å²) in [6.45, 7) is 6.15. The molecule has 0 N–H and O–H groups in total. The molecule has 0 spiro atoms. The second-order valence-corrected chi connectivity index (χ2v) is 3.28. The smallest absolute Gasteiger partial charge is 0.195 e. The lowest BCUT2D eigenvalue weighted by Crippen LogP contribution is -2.02. The third-order valence-corrected chi connectivity index (χ3v) is 2.06. The molecule has 0 aliphatic carbocycles. The summed E-state index contributed by atoms with van der Waals surface area (Å²) in [4.78, 5) is 15.6. The van der Waals surface area contributed by atoms with Crippen molar-refractivity contribution in [1.82, 2.24) is 0 Å². The Balaban J connectivity index is 3.68. The standard InChI is InChI=1S/C9H16NO2P/c1-4-7(2)5-6-12-10-8(3)9(11)13/h4H,5-6,13H2,1-3H3. The molecule has 0 aromatic carbocycles. The Bertz CT molecular complexity index is 234. The number of carbonyl (C=O) groups is 1. The van der Waals surface area contributed by atoms with E-state index in [1.54, 1.807) is 6.92 Å². The van der Waals surface area contributed by atoms with Gasteiger partial charge in [-0.2, -0.15) is 0 Å². The summed E-state index contributed by atoms with van der Waals surface area (Å²) in [5.41, 5.74) is 1.50. The first-order valence-electron chi connectivity index (χ1n) is 4.16. The van der Waals surface area contributed by atoms with Gasteiger partial charge >= 0.3 is 0 Å². The van der Waals surface area contributed by atoms with Gasteiger partial charge in [0, 0.05) is 6.42 Å². The van der Waals surface area contributed by atoms with Crippen molar-refractivity contribution >= 4 is 20.5 Å². The molecule has 13 heavy (non-hydrogen) atoms. The molecule has 0 amide bonds. The SMILES string of the molecule is CC=C(C)CCON=C(C)C(=O)P. The van der Waals surface area contributed by atoms with E-state index in [4.69, 9.17) is 4.84 Å². The van der Waals surface area contributed by atoms with Crippen LogP contribution in [0.25, 0.3) is 0 Å². The van der Waals surface area contributed by atoms with Crippen molar-refractivity contribution in [1.29, 1.82) is 0 Å². The molecule has 0 aliphatic heterocycles. The highest BCUT2D eigenvalue weighted by Crippen LogP contribution is 1.99. The number of nitrogens with zero attached hydrogens (tertiary/aromatic N) is 1. The Morgan fingerprint density at radius 2 is 2.15 bits per heavy atom.